The van der Waals surface area contributed by atoms with Gasteiger partial charge in [0.1, 0.15) is 9.88 Å². The van der Waals surface area contributed by atoms with Crippen molar-refractivity contribution in [3.8, 4) is 11.3 Å². The Morgan fingerprint density at radius 3 is 2.39 bits per heavy atom. The van der Waals surface area contributed by atoms with Gasteiger partial charge in [-0.2, -0.15) is 0 Å². The van der Waals surface area contributed by atoms with Crippen LogP contribution in [-0.4, -0.2) is 16.1 Å². The second-order valence-corrected chi connectivity index (χ2v) is 6.18. The van der Waals surface area contributed by atoms with E-state index in [9.17, 15) is 9.90 Å². The van der Waals surface area contributed by atoms with E-state index in [0.29, 0.717) is 10.7 Å². The van der Waals surface area contributed by atoms with Crippen LogP contribution in [0.3, 0.4) is 0 Å². The Bertz CT molecular complexity index is 849. The van der Waals surface area contributed by atoms with Crippen LogP contribution < -0.4 is 0 Å². The number of aryl methyl sites for hydroxylation is 1. The van der Waals surface area contributed by atoms with Gasteiger partial charge >= 0.3 is 5.97 Å². The Morgan fingerprint density at radius 1 is 1.04 bits per heavy atom. The Balaban J connectivity index is 1.95. The highest BCUT2D eigenvalue weighted by Crippen LogP contribution is 2.29. The molecule has 0 amide bonds. The lowest BCUT2D eigenvalue weighted by Gasteiger charge is -1.97. The summed E-state index contributed by atoms with van der Waals surface area (Å²) in [5.41, 5.74) is 3.60. The summed E-state index contributed by atoms with van der Waals surface area (Å²) in [4.78, 5) is 16.2. The lowest BCUT2D eigenvalue weighted by molar-refractivity contribution is 0.0702. The second-order valence-electron chi connectivity index (χ2n) is 5.15. The standard InChI is InChI=1S/C19H15NO2S/c1-13-7-9-14(10-8-13)11-12-16-20-17(18(23-16)19(21)22)15-5-3-2-4-6-15/h2-12H,1H3,(H,21,22)/b12-11+. The number of thiazole rings is 1. The monoisotopic (exact) mass is 321 g/mol. The molecule has 0 atom stereocenters. The van der Waals surface area contributed by atoms with Crippen LogP contribution in [0.1, 0.15) is 25.8 Å². The zero-order valence-corrected chi connectivity index (χ0v) is 13.4. The summed E-state index contributed by atoms with van der Waals surface area (Å²) in [5, 5.41) is 10.1. The van der Waals surface area contributed by atoms with Gasteiger partial charge in [-0.15, -0.1) is 11.3 Å². The highest BCUT2D eigenvalue weighted by atomic mass is 32.1. The number of rotatable bonds is 4. The first-order valence-electron chi connectivity index (χ1n) is 7.18. The topological polar surface area (TPSA) is 50.2 Å². The van der Waals surface area contributed by atoms with Gasteiger partial charge in [-0.25, -0.2) is 9.78 Å². The van der Waals surface area contributed by atoms with Crippen molar-refractivity contribution in [2.24, 2.45) is 0 Å². The lowest BCUT2D eigenvalue weighted by Crippen LogP contribution is -1.95. The lowest BCUT2D eigenvalue weighted by atomic mass is 10.1. The maximum atomic E-state index is 11.5. The molecular weight excluding hydrogens is 306 g/mol. The van der Waals surface area contributed by atoms with Gasteiger partial charge < -0.3 is 5.11 Å². The molecule has 3 rings (SSSR count). The van der Waals surface area contributed by atoms with Gasteiger partial charge in [0, 0.05) is 5.56 Å². The summed E-state index contributed by atoms with van der Waals surface area (Å²) in [6.45, 7) is 2.04. The molecule has 1 N–H and O–H groups in total. The number of carbonyl (C=O) groups is 1. The van der Waals surface area contributed by atoms with E-state index in [1.807, 2.05) is 73.7 Å². The van der Waals surface area contributed by atoms with Gasteiger partial charge in [-0.3, -0.25) is 0 Å². The number of aromatic nitrogens is 1. The van der Waals surface area contributed by atoms with E-state index in [4.69, 9.17) is 0 Å². The Kier molecular flexibility index (Phi) is 4.35. The van der Waals surface area contributed by atoms with Crippen LogP contribution in [-0.2, 0) is 0 Å². The first-order valence-corrected chi connectivity index (χ1v) is 7.99. The third kappa shape index (κ3) is 3.55. The summed E-state index contributed by atoms with van der Waals surface area (Å²) >= 11 is 1.19. The van der Waals surface area contributed by atoms with Crippen LogP contribution in [0.15, 0.2) is 54.6 Å². The third-order valence-corrected chi connectivity index (χ3v) is 4.39. The fourth-order valence-corrected chi connectivity index (χ4v) is 3.02. The van der Waals surface area contributed by atoms with Gasteiger partial charge in [0.15, 0.2) is 0 Å². The number of hydrogen-bond acceptors (Lipinski definition) is 3. The average Bonchev–Trinajstić information content (AvgIpc) is 3.00. The quantitative estimate of drug-likeness (QED) is 0.736. The molecule has 0 bridgehead atoms. The summed E-state index contributed by atoms with van der Waals surface area (Å²) in [6, 6.07) is 17.5. The fraction of sp³-hybridized carbons (Fsp3) is 0.0526. The van der Waals surface area contributed by atoms with Crippen LogP contribution in [0.4, 0.5) is 0 Å². The maximum absolute atomic E-state index is 11.5. The predicted octanol–water partition coefficient (Wildman–Crippen LogP) is 4.99. The number of benzene rings is 2. The molecule has 0 unspecified atom stereocenters. The molecule has 0 saturated heterocycles. The van der Waals surface area contributed by atoms with Crippen molar-refractivity contribution >= 4 is 29.5 Å². The van der Waals surface area contributed by atoms with E-state index >= 15 is 0 Å². The summed E-state index contributed by atoms with van der Waals surface area (Å²) < 4.78 is 0. The number of carboxylic acids is 1. The molecule has 23 heavy (non-hydrogen) atoms. The van der Waals surface area contributed by atoms with Crippen molar-refractivity contribution in [2.45, 2.75) is 6.92 Å². The third-order valence-electron chi connectivity index (χ3n) is 3.38. The second kappa shape index (κ2) is 6.58. The van der Waals surface area contributed by atoms with Crippen molar-refractivity contribution in [3.63, 3.8) is 0 Å². The molecule has 3 aromatic rings. The van der Waals surface area contributed by atoms with Crippen molar-refractivity contribution in [1.29, 1.82) is 0 Å². The van der Waals surface area contributed by atoms with Gasteiger partial charge in [0.05, 0.1) is 5.69 Å². The smallest absolute Gasteiger partial charge is 0.348 e. The number of nitrogens with zero attached hydrogens (tertiary/aromatic N) is 1. The van der Waals surface area contributed by atoms with Gasteiger partial charge in [-0.05, 0) is 18.6 Å². The fourth-order valence-electron chi connectivity index (χ4n) is 2.19. The minimum absolute atomic E-state index is 0.264. The number of aromatic carboxylic acids is 1. The molecule has 0 radical (unpaired) electrons. The van der Waals surface area contributed by atoms with Crippen LogP contribution in [0.5, 0.6) is 0 Å². The van der Waals surface area contributed by atoms with Crippen LogP contribution >= 0.6 is 11.3 Å². The number of carboxylic acid groups (broad SMARTS) is 1. The SMILES string of the molecule is Cc1ccc(/C=C/c2nc(-c3ccccc3)c(C(=O)O)s2)cc1. The predicted molar refractivity (Wildman–Crippen MR) is 94.6 cm³/mol. The van der Waals surface area contributed by atoms with Crippen LogP contribution in [0.25, 0.3) is 23.4 Å². The van der Waals surface area contributed by atoms with Gasteiger partial charge in [-0.1, -0.05) is 66.2 Å². The Morgan fingerprint density at radius 2 is 1.74 bits per heavy atom. The summed E-state index contributed by atoms with van der Waals surface area (Å²) in [5.74, 6) is -0.948. The van der Waals surface area contributed by atoms with E-state index in [2.05, 4.69) is 4.98 Å². The molecule has 0 fully saturated rings. The molecular formula is C19H15NO2S. The molecule has 2 aromatic carbocycles. The number of hydrogen-bond donors (Lipinski definition) is 1. The molecule has 0 aliphatic heterocycles. The molecule has 1 aromatic heterocycles. The molecule has 114 valence electrons. The molecule has 0 aliphatic rings. The molecule has 3 nitrogen and oxygen atoms in total. The average molecular weight is 321 g/mol. The largest absolute Gasteiger partial charge is 0.477 e. The maximum Gasteiger partial charge on any atom is 0.348 e. The van der Waals surface area contributed by atoms with Crippen LogP contribution in [0, 0.1) is 6.92 Å². The van der Waals surface area contributed by atoms with E-state index in [0.717, 1.165) is 11.1 Å². The summed E-state index contributed by atoms with van der Waals surface area (Å²) in [6.07, 6.45) is 3.80. The first kappa shape index (κ1) is 15.2. The van der Waals surface area contributed by atoms with E-state index in [-0.39, 0.29) is 4.88 Å². The molecule has 0 spiro atoms. The Hall–Kier alpha value is -2.72. The Labute approximate surface area is 138 Å². The highest BCUT2D eigenvalue weighted by molar-refractivity contribution is 7.15. The minimum atomic E-state index is -0.948. The van der Waals surface area contributed by atoms with Crippen molar-refractivity contribution < 1.29 is 9.90 Å². The normalized spacial score (nSPS) is 11.0. The molecule has 0 aliphatic carbocycles. The zero-order chi connectivity index (χ0) is 16.2. The zero-order valence-electron chi connectivity index (χ0n) is 12.6. The molecule has 1 heterocycles. The van der Waals surface area contributed by atoms with E-state index < -0.39 is 5.97 Å². The van der Waals surface area contributed by atoms with Crippen LogP contribution in [0.2, 0.25) is 0 Å². The van der Waals surface area contributed by atoms with Crippen molar-refractivity contribution in [3.05, 3.63) is 75.6 Å². The highest BCUT2D eigenvalue weighted by Gasteiger charge is 2.17. The summed E-state index contributed by atoms with van der Waals surface area (Å²) in [7, 11) is 0. The molecule has 0 saturated carbocycles. The minimum Gasteiger partial charge on any atom is -0.477 e. The van der Waals surface area contributed by atoms with Crippen molar-refractivity contribution in [1.82, 2.24) is 4.98 Å². The van der Waals surface area contributed by atoms with Crippen molar-refractivity contribution in [2.75, 3.05) is 0 Å². The van der Waals surface area contributed by atoms with E-state index in [1.54, 1.807) is 0 Å². The van der Waals surface area contributed by atoms with Gasteiger partial charge in [0.25, 0.3) is 0 Å². The first-order chi connectivity index (χ1) is 11.1. The van der Waals surface area contributed by atoms with Gasteiger partial charge in [0.2, 0.25) is 0 Å². The van der Waals surface area contributed by atoms with E-state index in [1.165, 1.54) is 16.9 Å². The molecule has 4 heteroatoms.